The molecule has 154 valence electrons. The van der Waals surface area contributed by atoms with E-state index in [4.69, 9.17) is 0 Å². The lowest BCUT2D eigenvalue weighted by molar-refractivity contribution is -0.119. The highest BCUT2D eigenvalue weighted by atomic mass is 16.1. The molecule has 1 N–H and O–H groups in total. The zero-order valence-electron chi connectivity index (χ0n) is 17.4. The standard InChI is InChI=1S/C24H32N4O/c1-19-5-4-7-23(25-19)28-17-15-27(16-18-28)14-3-2-6-20-8-10-21(11-9-20)22-12-13-24(29)26-22/h4-5,7-11,22H,2-3,6,12-18H2,1H3,(H,26,29). The first-order valence-corrected chi connectivity index (χ1v) is 11.0. The van der Waals surface area contributed by atoms with Crippen LogP contribution in [0.4, 0.5) is 5.82 Å². The van der Waals surface area contributed by atoms with Gasteiger partial charge in [0, 0.05) is 38.3 Å². The lowest BCUT2D eigenvalue weighted by Crippen LogP contribution is -2.46. The van der Waals surface area contributed by atoms with Gasteiger partial charge in [0.15, 0.2) is 0 Å². The molecule has 1 unspecified atom stereocenters. The summed E-state index contributed by atoms with van der Waals surface area (Å²) in [6.45, 7) is 7.61. The summed E-state index contributed by atoms with van der Waals surface area (Å²) in [7, 11) is 0. The van der Waals surface area contributed by atoms with Crippen LogP contribution in [0.15, 0.2) is 42.5 Å². The second-order valence-corrected chi connectivity index (χ2v) is 8.32. The fraction of sp³-hybridized carbons (Fsp3) is 0.500. The van der Waals surface area contributed by atoms with E-state index in [2.05, 4.69) is 69.5 Å². The number of hydrogen-bond acceptors (Lipinski definition) is 4. The molecule has 1 amide bonds. The Balaban J connectivity index is 1.15. The first kappa shape index (κ1) is 19.9. The van der Waals surface area contributed by atoms with E-state index >= 15 is 0 Å². The van der Waals surface area contributed by atoms with Gasteiger partial charge in [-0.2, -0.15) is 0 Å². The molecule has 0 spiro atoms. The molecular weight excluding hydrogens is 360 g/mol. The Hall–Kier alpha value is -2.40. The lowest BCUT2D eigenvalue weighted by Gasteiger charge is -2.35. The molecule has 1 aromatic carbocycles. The van der Waals surface area contributed by atoms with E-state index < -0.39 is 0 Å². The summed E-state index contributed by atoms with van der Waals surface area (Å²) in [6, 6.07) is 15.3. The smallest absolute Gasteiger partial charge is 0.220 e. The first-order chi connectivity index (χ1) is 14.2. The summed E-state index contributed by atoms with van der Waals surface area (Å²) in [5.74, 6) is 1.29. The average Bonchev–Trinajstić information content (AvgIpc) is 3.18. The third kappa shape index (κ3) is 5.36. The van der Waals surface area contributed by atoms with Crippen LogP contribution in [0.25, 0.3) is 0 Å². The minimum Gasteiger partial charge on any atom is -0.354 e. The summed E-state index contributed by atoms with van der Waals surface area (Å²) in [4.78, 5) is 21.0. The number of benzene rings is 1. The van der Waals surface area contributed by atoms with Crippen molar-refractivity contribution in [3.63, 3.8) is 0 Å². The first-order valence-electron chi connectivity index (χ1n) is 11.0. The van der Waals surface area contributed by atoms with Gasteiger partial charge in [0.05, 0.1) is 6.04 Å². The van der Waals surface area contributed by atoms with Gasteiger partial charge in [-0.05, 0) is 62.4 Å². The third-order valence-corrected chi connectivity index (χ3v) is 6.14. The number of rotatable bonds is 7. The highest BCUT2D eigenvalue weighted by molar-refractivity contribution is 5.78. The van der Waals surface area contributed by atoms with Crippen LogP contribution in [-0.4, -0.2) is 48.5 Å². The maximum atomic E-state index is 11.4. The van der Waals surface area contributed by atoms with E-state index in [1.807, 2.05) is 0 Å². The summed E-state index contributed by atoms with van der Waals surface area (Å²) in [5.41, 5.74) is 3.72. The number of carbonyl (C=O) groups is 1. The fourth-order valence-corrected chi connectivity index (χ4v) is 4.35. The molecular formula is C24H32N4O. The number of carbonyl (C=O) groups excluding carboxylic acids is 1. The number of aryl methyl sites for hydroxylation is 2. The Morgan fingerprint density at radius 1 is 1.03 bits per heavy atom. The van der Waals surface area contributed by atoms with Crippen molar-refractivity contribution in [1.82, 2.24) is 15.2 Å². The van der Waals surface area contributed by atoms with Crippen LogP contribution in [0.1, 0.15) is 48.5 Å². The quantitative estimate of drug-likeness (QED) is 0.733. The number of nitrogens with one attached hydrogen (secondary N) is 1. The average molecular weight is 393 g/mol. The zero-order chi connectivity index (χ0) is 20.1. The van der Waals surface area contributed by atoms with Crippen molar-refractivity contribution in [3.8, 4) is 0 Å². The van der Waals surface area contributed by atoms with Crippen molar-refractivity contribution in [3.05, 3.63) is 59.3 Å². The molecule has 1 aromatic heterocycles. The summed E-state index contributed by atoms with van der Waals surface area (Å²) in [5, 5.41) is 3.04. The van der Waals surface area contributed by atoms with Gasteiger partial charge in [0.25, 0.3) is 0 Å². The number of piperazine rings is 1. The number of pyridine rings is 1. The van der Waals surface area contributed by atoms with Gasteiger partial charge in [-0.15, -0.1) is 0 Å². The molecule has 2 aliphatic rings. The fourth-order valence-electron chi connectivity index (χ4n) is 4.35. The van der Waals surface area contributed by atoms with Crippen LogP contribution in [0, 0.1) is 6.92 Å². The maximum absolute atomic E-state index is 11.4. The van der Waals surface area contributed by atoms with Gasteiger partial charge in [-0.1, -0.05) is 30.3 Å². The van der Waals surface area contributed by atoms with Crippen LogP contribution >= 0.6 is 0 Å². The maximum Gasteiger partial charge on any atom is 0.220 e. The monoisotopic (exact) mass is 392 g/mol. The van der Waals surface area contributed by atoms with Crippen molar-refractivity contribution in [2.75, 3.05) is 37.6 Å². The Bertz CT molecular complexity index is 812. The topological polar surface area (TPSA) is 48.5 Å². The van der Waals surface area contributed by atoms with Gasteiger partial charge in [-0.25, -0.2) is 4.98 Å². The van der Waals surface area contributed by atoms with E-state index in [1.165, 1.54) is 30.5 Å². The van der Waals surface area contributed by atoms with Crippen LogP contribution < -0.4 is 10.2 Å². The van der Waals surface area contributed by atoms with Crippen LogP contribution in [-0.2, 0) is 11.2 Å². The summed E-state index contributed by atoms with van der Waals surface area (Å²) < 4.78 is 0. The van der Waals surface area contributed by atoms with Crippen molar-refractivity contribution in [2.24, 2.45) is 0 Å². The minimum absolute atomic E-state index is 0.176. The summed E-state index contributed by atoms with van der Waals surface area (Å²) in [6.07, 6.45) is 5.17. The molecule has 5 heteroatoms. The van der Waals surface area contributed by atoms with E-state index in [9.17, 15) is 4.79 Å². The number of hydrogen-bond donors (Lipinski definition) is 1. The molecule has 5 nitrogen and oxygen atoms in total. The van der Waals surface area contributed by atoms with Gasteiger partial charge in [0.1, 0.15) is 5.82 Å². The van der Waals surface area contributed by atoms with Crippen LogP contribution in [0.3, 0.4) is 0 Å². The normalized spacial score (nSPS) is 20.1. The molecule has 2 fully saturated rings. The number of nitrogens with zero attached hydrogens (tertiary/aromatic N) is 3. The van der Waals surface area contributed by atoms with E-state index in [0.29, 0.717) is 6.42 Å². The molecule has 2 aliphatic heterocycles. The minimum atomic E-state index is 0.176. The molecule has 29 heavy (non-hydrogen) atoms. The van der Waals surface area contributed by atoms with Crippen LogP contribution in [0.2, 0.25) is 0 Å². The Morgan fingerprint density at radius 2 is 1.83 bits per heavy atom. The molecule has 1 atom stereocenters. The Kier molecular flexibility index (Phi) is 6.45. The predicted octanol–water partition coefficient (Wildman–Crippen LogP) is 3.49. The predicted molar refractivity (Wildman–Crippen MR) is 117 cm³/mol. The van der Waals surface area contributed by atoms with Gasteiger partial charge in [0.2, 0.25) is 5.91 Å². The Labute approximate surface area is 174 Å². The molecule has 0 bridgehead atoms. The molecule has 0 radical (unpaired) electrons. The molecule has 2 saturated heterocycles. The van der Waals surface area contributed by atoms with Gasteiger partial charge >= 0.3 is 0 Å². The lowest BCUT2D eigenvalue weighted by atomic mass is 10.0. The molecule has 3 heterocycles. The summed E-state index contributed by atoms with van der Waals surface area (Å²) >= 11 is 0. The highest BCUT2D eigenvalue weighted by Gasteiger charge is 2.22. The molecule has 2 aromatic rings. The Morgan fingerprint density at radius 3 is 2.52 bits per heavy atom. The largest absolute Gasteiger partial charge is 0.354 e. The second kappa shape index (κ2) is 9.40. The van der Waals surface area contributed by atoms with Gasteiger partial charge in [-0.3, -0.25) is 9.69 Å². The van der Waals surface area contributed by atoms with Crippen molar-refractivity contribution < 1.29 is 4.79 Å². The second-order valence-electron chi connectivity index (χ2n) is 8.32. The highest BCUT2D eigenvalue weighted by Crippen LogP contribution is 2.24. The van der Waals surface area contributed by atoms with Crippen molar-refractivity contribution >= 4 is 11.7 Å². The van der Waals surface area contributed by atoms with E-state index in [0.717, 1.165) is 50.5 Å². The molecule has 4 rings (SSSR count). The van der Waals surface area contributed by atoms with Gasteiger partial charge < -0.3 is 10.2 Å². The number of amides is 1. The molecule has 0 aliphatic carbocycles. The zero-order valence-corrected chi connectivity index (χ0v) is 17.4. The number of unbranched alkanes of at least 4 members (excludes halogenated alkanes) is 1. The number of anilines is 1. The van der Waals surface area contributed by atoms with Crippen molar-refractivity contribution in [1.29, 1.82) is 0 Å². The van der Waals surface area contributed by atoms with Crippen LogP contribution in [0.5, 0.6) is 0 Å². The molecule has 0 saturated carbocycles. The SMILES string of the molecule is Cc1cccc(N2CCN(CCCCc3ccc(C4CCC(=O)N4)cc3)CC2)n1. The number of aromatic nitrogens is 1. The van der Waals surface area contributed by atoms with Crippen molar-refractivity contribution in [2.45, 2.75) is 45.1 Å². The van der Waals surface area contributed by atoms with E-state index in [-0.39, 0.29) is 11.9 Å². The van der Waals surface area contributed by atoms with E-state index in [1.54, 1.807) is 0 Å². The third-order valence-electron chi connectivity index (χ3n) is 6.14.